The molecule has 1 aliphatic rings. The van der Waals surface area contributed by atoms with Crippen LogP contribution in [0.3, 0.4) is 0 Å². The average Bonchev–Trinajstić information content (AvgIpc) is 3.35. The van der Waals surface area contributed by atoms with Gasteiger partial charge in [0.2, 0.25) is 0 Å². The van der Waals surface area contributed by atoms with E-state index in [1.807, 2.05) is 6.07 Å². The van der Waals surface area contributed by atoms with E-state index in [0.29, 0.717) is 0 Å². The second-order valence-electron chi connectivity index (χ2n) is 12.3. The molecule has 0 spiro atoms. The summed E-state index contributed by atoms with van der Waals surface area (Å²) in [7, 11) is 0. The van der Waals surface area contributed by atoms with Crippen molar-refractivity contribution in [3.63, 3.8) is 0 Å². The number of benzene rings is 3. The van der Waals surface area contributed by atoms with Crippen molar-refractivity contribution in [3.05, 3.63) is 123 Å². The van der Waals surface area contributed by atoms with Crippen LogP contribution < -0.4 is 24.8 Å². The third-order valence-electron chi connectivity index (χ3n) is 6.94. The van der Waals surface area contributed by atoms with Crippen LogP contribution in [0.1, 0.15) is 86.1 Å². The minimum absolute atomic E-state index is 0. The van der Waals surface area contributed by atoms with Gasteiger partial charge in [-0.2, -0.15) is 46.5 Å². The van der Waals surface area contributed by atoms with Crippen LogP contribution in [0.2, 0.25) is 0 Å². The predicted molar refractivity (Wildman–Crippen MR) is 159 cm³/mol. The Morgan fingerprint density at radius 3 is 1.82 bits per heavy atom. The van der Waals surface area contributed by atoms with Crippen molar-refractivity contribution in [2.75, 3.05) is 0 Å². The maximum atomic E-state index is 3.67. The Balaban J connectivity index is 0.000000350. The molecule has 1 aliphatic carbocycles. The van der Waals surface area contributed by atoms with Gasteiger partial charge in [-0.25, -0.2) is 6.07 Å². The maximum absolute atomic E-state index is 3.67. The molecular formula is C36H42Cl2Zr-2. The van der Waals surface area contributed by atoms with Gasteiger partial charge in [0, 0.05) is 0 Å². The summed E-state index contributed by atoms with van der Waals surface area (Å²) in [6.45, 7) is 20.0. The van der Waals surface area contributed by atoms with Gasteiger partial charge in [0.1, 0.15) is 0 Å². The molecule has 0 heterocycles. The van der Waals surface area contributed by atoms with Crippen LogP contribution >= 0.6 is 0 Å². The van der Waals surface area contributed by atoms with Gasteiger partial charge in [0.05, 0.1) is 0 Å². The van der Waals surface area contributed by atoms with E-state index in [2.05, 4.69) is 139 Å². The van der Waals surface area contributed by atoms with E-state index >= 15 is 0 Å². The molecule has 206 valence electrons. The summed E-state index contributed by atoms with van der Waals surface area (Å²) in [5.74, 6) is 0. The van der Waals surface area contributed by atoms with Crippen molar-refractivity contribution in [2.45, 2.75) is 79.6 Å². The Morgan fingerprint density at radius 1 is 0.769 bits per heavy atom. The van der Waals surface area contributed by atoms with Gasteiger partial charge < -0.3 is 24.8 Å². The van der Waals surface area contributed by atoms with Crippen LogP contribution in [-0.2, 0) is 41.5 Å². The predicted octanol–water partition coefficient (Wildman–Crippen LogP) is 3.38. The number of rotatable bonds is 1. The molecule has 0 radical (unpaired) electrons. The zero-order chi connectivity index (χ0) is 27.4. The zero-order valence-corrected chi connectivity index (χ0v) is 28.9. The molecule has 0 saturated carbocycles. The van der Waals surface area contributed by atoms with Crippen molar-refractivity contribution in [2.24, 2.45) is 0 Å². The topological polar surface area (TPSA) is 0 Å². The zero-order valence-electron chi connectivity index (χ0n) is 25.0. The van der Waals surface area contributed by atoms with Gasteiger partial charge in [-0.05, 0) is 28.4 Å². The first-order valence-electron chi connectivity index (χ1n) is 13.2. The number of fused-ring (bicyclic) bond motifs is 3. The molecule has 0 atom stereocenters. The minimum atomic E-state index is 0. The third-order valence-corrected chi connectivity index (χ3v) is 7.76. The fourth-order valence-electron chi connectivity index (χ4n) is 4.53. The van der Waals surface area contributed by atoms with Crippen LogP contribution in [0.25, 0.3) is 11.1 Å². The molecule has 39 heavy (non-hydrogen) atoms. The van der Waals surface area contributed by atoms with Gasteiger partial charge in [-0.1, -0.05) is 86.1 Å². The van der Waals surface area contributed by atoms with Crippen LogP contribution in [0.4, 0.5) is 0 Å². The Bertz CT molecular complexity index is 1270. The Morgan fingerprint density at radius 2 is 1.38 bits per heavy atom. The first-order valence-corrected chi connectivity index (χ1v) is 14.7. The summed E-state index contributed by atoms with van der Waals surface area (Å²) in [4.78, 5) is 0. The molecule has 4 aromatic carbocycles. The SMILES string of the molecule is CC(C)(C)c1[c-]c2c(cc1)-c1ccc(C(C)(C)C)cc1C2.Cc1cc(C)c(C)[cH-]1.[Cl-].[Cl-].[Zr+2]=[CH]c1ccccc1. The van der Waals surface area contributed by atoms with E-state index < -0.39 is 0 Å². The normalized spacial score (nSPS) is 11.4. The Labute approximate surface area is 265 Å². The second kappa shape index (κ2) is 14.8. The summed E-state index contributed by atoms with van der Waals surface area (Å²) in [6, 6.07) is 29.9. The van der Waals surface area contributed by atoms with Gasteiger partial charge in [0.15, 0.2) is 0 Å². The van der Waals surface area contributed by atoms with Gasteiger partial charge in [-0.15, -0.1) is 11.1 Å². The van der Waals surface area contributed by atoms with Gasteiger partial charge in [-0.3, -0.25) is 0 Å². The quantitative estimate of drug-likeness (QED) is 0.248. The molecule has 0 saturated heterocycles. The molecule has 0 unspecified atom stereocenters. The van der Waals surface area contributed by atoms with Crippen molar-refractivity contribution >= 4 is 3.71 Å². The van der Waals surface area contributed by atoms with E-state index in [4.69, 9.17) is 0 Å². The van der Waals surface area contributed by atoms with E-state index in [1.54, 1.807) is 0 Å². The number of hydrogen-bond acceptors (Lipinski definition) is 0. The van der Waals surface area contributed by atoms with E-state index in [0.717, 1.165) is 6.42 Å². The first kappa shape index (κ1) is 35.4. The fourth-order valence-corrected chi connectivity index (χ4v) is 5.00. The van der Waals surface area contributed by atoms with Crippen molar-refractivity contribution < 1.29 is 49.0 Å². The molecule has 0 N–H and O–H groups in total. The summed E-state index contributed by atoms with van der Waals surface area (Å²) in [5.41, 5.74) is 14.2. The summed E-state index contributed by atoms with van der Waals surface area (Å²) in [6.07, 6.45) is 1.03. The molecule has 0 amide bonds. The van der Waals surface area contributed by atoms with Crippen molar-refractivity contribution in [3.8, 4) is 11.1 Å². The molecule has 0 aliphatic heterocycles. The number of hydrogen-bond donors (Lipinski definition) is 0. The van der Waals surface area contributed by atoms with Crippen LogP contribution in [0.15, 0.2) is 72.8 Å². The van der Waals surface area contributed by atoms with Crippen LogP contribution in [-0.4, -0.2) is 3.71 Å². The Kier molecular flexibility index (Phi) is 13.4. The fraction of sp³-hybridized carbons (Fsp3) is 0.333. The molecule has 0 nitrogen and oxygen atoms in total. The monoisotopic (exact) mass is 634 g/mol. The molecule has 4 aromatic rings. The van der Waals surface area contributed by atoms with E-state index in [9.17, 15) is 0 Å². The van der Waals surface area contributed by atoms with Crippen molar-refractivity contribution in [1.29, 1.82) is 0 Å². The molecule has 0 fully saturated rings. The molecular weight excluding hydrogens is 595 g/mol. The van der Waals surface area contributed by atoms with E-state index in [-0.39, 0.29) is 35.6 Å². The average molecular weight is 637 g/mol. The third kappa shape index (κ3) is 9.74. The standard InChI is InChI=1S/C21H25.C8H11.C7H6.2ClH.Zr/c1-20(2,3)16-7-9-18-14(12-16)11-15-13-17(21(4,5)6)8-10-19(15)18;1-6-4-7(2)8(3)5-6;1-7-5-3-2-4-6-7;;;/h7-10,12H,11H2,1-6H3;4-5H,1-3H3;1-6H;2*1H;/q2*-1;;;;+2/p-2. The second-order valence-corrected chi connectivity index (χ2v) is 13.0. The number of halogens is 2. The van der Waals surface area contributed by atoms with E-state index in [1.165, 1.54) is 79.9 Å². The Hall–Kier alpha value is -1.66. The van der Waals surface area contributed by atoms with Crippen LogP contribution in [0.5, 0.6) is 0 Å². The van der Waals surface area contributed by atoms with Crippen molar-refractivity contribution in [1.82, 2.24) is 0 Å². The summed E-state index contributed by atoms with van der Waals surface area (Å²) < 4.78 is 2.17. The molecule has 3 heteroatoms. The first-order chi connectivity index (χ1) is 17.3. The number of aryl methyl sites for hydroxylation is 3. The molecule has 0 aromatic heterocycles. The van der Waals surface area contributed by atoms with Crippen LogP contribution in [0, 0.1) is 26.8 Å². The summed E-state index contributed by atoms with van der Waals surface area (Å²) >= 11 is 1.46. The van der Waals surface area contributed by atoms with Gasteiger partial charge >= 0.3 is 63.8 Å². The molecule has 0 bridgehead atoms. The van der Waals surface area contributed by atoms with Gasteiger partial charge in [0.25, 0.3) is 0 Å². The summed E-state index contributed by atoms with van der Waals surface area (Å²) in [5, 5.41) is 0. The molecule has 5 rings (SSSR count).